The highest BCUT2D eigenvalue weighted by Gasteiger charge is 2.73. The van der Waals surface area contributed by atoms with Crippen LogP contribution in [0.5, 0.6) is 0 Å². The molecule has 0 aliphatic carbocycles. The highest BCUT2D eigenvalue weighted by molar-refractivity contribution is 5.13. The summed E-state index contributed by atoms with van der Waals surface area (Å²) in [4.78, 5) is 0. The Morgan fingerprint density at radius 3 is 2.10 bits per heavy atom. The average Bonchev–Trinajstić information content (AvgIpc) is 2.93. The summed E-state index contributed by atoms with van der Waals surface area (Å²) in [6, 6.07) is 0. The van der Waals surface area contributed by atoms with Crippen molar-refractivity contribution in [2.45, 2.75) is 43.0 Å². The smallest absolute Gasteiger partial charge is 0.367 e. The molecule has 0 amide bonds. The molecule has 1 fully saturated rings. The van der Waals surface area contributed by atoms with Crippen molar-refractivity contribution in [3.8, 4) is 0 Å². The molecule has 0 aromatic heterocycles. The highest BCUT2D eigenvalue weighted by Crippen LogP contribution is 2.52. The van der Waals surface area contributed by atoms with Gasteiger partial charge in [0.25, 0.3) is 5.60 Å². The number of ether oxygens (including phenoxy) is 3. The van der Waals surface area contributed by atoms with Gasteiger partial charge < -0.3 is 14.2 Å². The van der Waals surface area contributed by atoms with E-state index in [9.17, 15) is 26.3 Å². The van der Waals surface area contributed by atoms with Crippen LogP contribution in [-0.2, 0) is 14.2 Å². The Balaban J connectivity index is 2.27. The lowest BCUT2D eigenvalue weighted by Crippen LogP contribution is -2.60. The first kappa shape index (κ1) is 16.6. The Hall–Kier alpha value is -0.800. The molecule has 3 atom stereocenters. The molecule has 0 spiro atoms. The van der Waals surface area contributed by atoms with Gasteiger partial charge in [-0.2, -0.15) is 26.3 Å². The summed E-state index contributed by atoms with van der Waals surface area (Å²) in [5, 5.41) is 0. The fourth-order valence-electron chi connectivity index (χ4n) is 2.70. The molecule has 3 unspecified atom stereocenters. The van der Waals surface area contributed by atoms with E-state index >= 15 is 0 Å². The van der Waals surface area contributed by atoms with E-state index in [1.165, 1.54) is 6.08 Å². The van der Waals surface area contributed by atoms with Crippen molar-refractivity contribution in [1.82, 2.24) is 0 Å². The number of halogens is 6. The Labute approximate surface area is 116 Å². The third kappa shape index (κ3) is 2.91. The lowest BCUT2D eigenvalue weighted by molar-refractivity contribution is -0.396. The van der Waals surface area contributed by atoms with E-state index in [-0.39, 0.29) is 6.42 Å². The topological polar surface area (TPSA) is 27.7 Å². The van der Waals surface area contributed by atoms with Gasteiger partial charge in [0, 0.05) is 13.5 Å². The Kier molecular flexibility index (Phi) is 4.29. The van der Waals surface area contributed by atoms with E-state index in [2.05, 4.69) is 9.47 Å². The first-order valence-electron chi connectivity index (χ1n) is 6.21. The average molecular weight is 320 g/mol. The molecule has 0 aromatic rings. The number of methoxy groups -OCH3 is 1. The molecule has 2 aliphatic rings. The molecule has 1 saturated heterocycles. The quantitative estimate of drug-likeness (QED) is 0.442. The van der Waals surface area contributed by atoms with Gasteiger partial charge >= 0.3 is 12.4 Å². The number of hydrogen-bond donors (Lipinski definition) is 0. The van der Waals surface area contributed by atoms with Gasteiger partial charge in [-0.25, -0.2) is 0 Å². The zero-order valence-electron chi connectivity index (χ0n) is 11.0. The van der Waals surface area contributed by atoms with E-state index in [0.717, 1.165) is 7.11 Å². The van der Waals surface area contributed by atoms with Gasteiger partial charge in [0.2, 0.25) is 0 Å². The van der Waals surface area contributed by atoms with Gasteiger partial charge in [-0.3, -0.25) is 0 Å². The normalized spacial score (nSPS) is 29.4. The maximum absolute atomic E-state index is 13.1. The third-order valence-electron chi connectivity index (χ3n) is 3.74. The van der Waals surface area contributed by atoms with E-state index in [4.69, 9.17) is 4.74 Å². The first-order valence-corrected chi connectivity index (χ1v) is 6.21. The van der Waals surface area contributed by atoms with Crippen molar-refractivity contribution in [2.24, 2.45) is 5.92 Å². The second-order valence-electron chi connectivity index (χ2n) is 5.10. The van der Waals surface area contributed by atoms with Crippen LogP contribution in [0.25, 0.3) is 0 Å². The molecule has 2 heterocycles. The molecule has 122 valence electrons. The standard InChI is InChI=1S/C12H14F6O3/c1-19-6-20-10(11(13,14)15,12(16,17)18)5-7-4-8-2-3-9(7)21-8/h2-3,7-9H,4-6H2,1H3. The monoisotopic (exact) mass is 320 g/mol. The van der Waals surface area contributed by atoms with Crippen molar-refractivity contribution in [3.63, 3.8) is 0 Å². The third-order valence-corrected chi connectivity index (χ3v) is 3.74. The zero-order valence-corrected chi connectivity index (χ0v) is 11.0. The fraction of sp³-hybridized carbons (Fsp3) is 0.833. The molecule has 0 radical (unpaired) electrons. The van der Waals surface area contributed by atoms with E-state index in [1.807, 2.05) is 0 Å². The molecular formula is C12H14F6O3. The van der Waals surface area contributed by atoms with Crippen LogP contribution in [0.15, 0.2) is 12.2 Å². The van der Waals surface area contributed by atoms with Crippen LogP contribution in [0.1, 0.15) is 12.8 Å². The van der Waals surface area contributed by atoms with Crippen LogP contribution in [0.4, 0.5) is 26.3 Å². The van der Waals surface area contributed by atoms with E-state index in [0.29, 0.717) is 0 Å². The summed E-state index contributed by atoms with van der Waals surface area (Å²) in [6.45, 7) is -1.10. The Morgan fingerprint density at radius 1 is 1.10 bits per heavy atom. The van der Waals surface area contributed by atoms with Crippen LogP contribution < -0.4 is 0 Å². The van der Waals surface area contributed by atoms with Crippen molar-refractivity contribution >= 4 is 0 Å². The van der Waals surface area contributed by atoms with Crippen LogP contribution >= 0.6 is 0 Å². The lowest BCUT2D eigenvalue weighted by atomic mass is 9.82. The van der Waals surface area contributed by atoms with Crippen molar-refractivity contribution in [2.75, 3.05) is 13.9 Å². The molecule has 21 heavy (non-hydrogen) atoms. The minimum absolute atomic E-state index is 0.116. The van der Waals surface area contributed by atoms with Crippen molar-refractivity contribution in [1.29, 1.82) is 0 Å². The number of hydrogen-bond acceptors (Lipinski definition) is 3. The second-order valence-corrected chi connectivity index (χ2v) is 5.10. The molecule has 2 rings (SSSR count). The maximum Gasteiger partial charge on any atom is 0.426 e. The molecule has 2 bridgehead atoms. The van der Waals surface area contributed by atoms with Gasteiger partial charge in [0.1, 0.15) is 6.79 Å². The Bertz CT molecular complexity index is 389. The summed E-state index contributed by atoms with van der Waals surface area (Å²) < 4.78 is 92.4. The zero-order chi connectivity index (χ0) is 15.9. The summed E-state index contributed by atoms with van der Waals surface area (Å²) in [5.41, 5.74) is -4.25. The fourth-order valence-corrected chi connectivity index (χ4v) is 2.70. The minimum Gasteiger partial charge on any atom is -0.367 e. The molecule has 2 aliphatic heterocycles. The van der Waals surface area contributed by atoms with Crippen LogP contribution in [0.3, 0.4) is 0 Å². The van der Waals surface area contributed by atoms with Crippen LogP contribution in [0, 0.1) is 5.92 Å². The number of alkyl halides is 6. The summed E-state index contributed by atoms with van der Waals surface area (Å²) in [6.07, 6.45) is -10.3. The van der Waals surface area contributed by atoms with Gasteiger partial charge in [-0.1, -0.05) is 12.2 Å². The van der Waals surface area contributed by atoms with Crippen LogP contribution in [-0.4, -0.2) is 44.1 Å². The van der Waals surface area contributed by atoms with Crippen molar-refractivity contribution < 1.29 is 40.6 Å². The molecule has 0 aromatic carbocycles. The SMILES string of the molecule is COCOC(CC1CC2C=CC1O2)(C(F)(F)F)C(F)(F)F. The minimum atomic E-state index is -5.60. The van der Waals surface area contributed by atoms with Gasteiger partial charge in [0.15, 0.2) is 0 Å². The highest BCUT2D eigenvalue weighted by atomic mass is 19.4. The summed E-state index contributed by atoms with van der Waals surface area (Å²) in [5.74, 6) is -0.903. The van der Waals surface area contributed by atoms with Gasteiger partial charge in [-0.05, 0) is 12.3 Å². The molecule has 3 nitrogen and oxygen atoms in total. The van der Waals surface area contributed by atoms with E-state index in [1.54, 1.807) is 6.08 Å². The molecule has 0 N–H and O–H groups in total. The predicted molar refractivity (Wildman–Crippen MR) is 58.3 cm³/mol. The lowest BCUT2D eigenvalue weighted by Gasteiger charge is -2.39. The summed E-state index contributed by atoms with van der Waals surface area (Å²) in [7, 11) is 0.959. The number of rotatable bonds is 5. The Morgan fingerprint density at radius 2 is 1.71 bits per heavy atom. The van der Waals surface area contributed by atoms with Crippen molar-refractivity contribution in [3.05, 3.63) is 12.2 Å². The predicted octanol–water partition coefficient (Wildman–Crippen LogP) is 3.20. The molecular weight excluding hydrogens is 306 g/mol. The molecule has 0 saturated carbocycles. The van der Waals surface area contributed by atoms with Crippen LogP contribution in [0.2, 0.25) is 0 Å². The van der Waals surface area contributed by atoms with Gasteiger partial charge in [0.05, 0.1) is 12.2 Å². The maximum atomic E-state index is 13.1. The molecule has 9 heteroatoms. The van der Waals surface area contributed by atoms with E-state index < -0.39 is 49.3 Å². The second kappa shape index (κ2) is 5.44. The van der Waals surface area contributed by atoms with Gasteiger partial charge in [-0.15, -0.1) is 0 Å². The number of fused-ring (bicyclic) bond motifs is 2. The first-order chi connectivity index (χ1) is 9.61. The largest absolute Gasteiger partial charge is 0.426 e. The summed E-state index contributed by atoms with van der Waals surface area (Å²) >= 11 is 0.